The quantitative estimate of drug-likeness (QED) is 0.798. The molecule has 4 heterocycles. The van der Waals surface area contributed by atoms with Crippen LogP contribution in [0.1, 0.15) is 37.7 Å². The van der Waals surface area contributed by atoms with Gasteiger partial charge in [0.05, 0.1) is 0 Å². The van der Waals surface area contributed by atoms with Crippen LogP contribution in [0.25, 0.3) is 10.9 Å². The molecule has 0 aliphatic carbocycles. The van der Waals surface area contributed by atoms with Crippen LogP contribution in [0.2, 0.25) is 0 Å². The van der Waals surface area contributed by atoms with Gasteiger partial charge in [0.25, 0.3) is 0 Å². The molecule has 3 aliphatic rings. The van der Waals surface area contributed by atoms with E-state index in [1.165, 1.54) is 68.1 Å². The lowest BCUT2D eigenvalue weighted by molar-refractivity contribution is -0.177. The first-order valence-electron chi connectivity index (χ1n) is 8.40. The smallest absolute Gasteiger partial charge is 0.166 e. The highest BCUT2D eigenvalue weighted by Crippen LogP contribution is 2.49. The molecule has 1 aromatic heterocycles. The summed E-state index contributed by atoms with van der Waals surface area (Å²) in [7, 11) is 0. The Bertz CT molecular complexity index is 690. The molecule has 0 radical (unpaired) electrons. The van der Waals surface area contributed by atoms with Crippen molar-refractivity contribution < 1.29 is 4.74 Å². The predicted molar refractivity (Wildman–Crippen MR) is 83.5 cm³/mol. The van der Waals surface area contributed by atoms with E-state index in [4.69, 9.17) is 4.74 Å². The summed E-state index contributed by atoms with van der Waals surface area (Å²) < 4.78 is 6.72. The van der Waals surface area contributed by atoms with E-state index in [1.807, 2.05) is 6.20 Å². The Morgan fingerprint density at radius 3 is 3.10 bits per heavy atom. The number of nitrogens with one attached hydrogen (secondary N) is 1. The second-order valence-corrected chi connectivity index (χ2v) is 6.92. The number of hydrogen-bond acceptors (Lipinski definition) is 2. The van der Waals surface area contributed by atoms with Gasteiger partial charge >= 0.3 is 0 Å². The van der Waals surface area contributed by atoms with Gasteiger partial charge in [0.15, 0.2) is 5.72 Å². The Morgan fingerprint density at radius 1 is 1.14 bits per heavy atom. The summed E-state index contributed by atoms with van der Waals surface area (Å²) in [4.78, 5) is 5.98. The zero-order chi connectivity index (χ0) is 13.9. The molecule has 110 valence electrons. The van der Waals surface area contributed by atoms with Crippen molar-refractivity contribution in [2.24, 2.45) is 5.92 Å². The normalized spacial score (nSPS) is 32.1. The highest BCUT2D eigenvalue weighted by Gasteiger charge is 2.51. The SMILES string of the molecule is c1cc2c3c(ccc2[nH]1)OC12CCCCN1CCCC2C3. The maximum absolute atomic E-state index is 6.72. The zero-order valence-corrected chi connectivity index (χ0v) is 12.4. The third kappa shape index (κ3) is 1.58. The highest BCUT2D eigenvalue weighted by molar-refractivity contribution is 5.85. The first-order chi connectivity index (χ1) is 10.4. The second kappa shape index (κ2) is 4.26. The topological polar surface area (TPSA) is 28.3 Å². The van der Waals surface area contributed by atoms with Crippen molar-refractivity contribution in [2.75, 3.05) is 13.1 Å². The predicted octanol–water partition coefficient (Wildman–Crippen LogP) is 3.70. The molecule has 1 spiro atoms. The fourth-order valence-corrected chi connectivity index (χ4v) is 4.92. The summed E-state index contributed by atoms with van der Waals surface area (Å²) in [5.74, 6) is 1.80. The van der Waals surface area contributed by atoms with E-state index in [0.29, 0.717) is 5.92 Å². The van der Waals surface area contributed by atoms with Gasteiger partial charge in [-0.05, 0) is 50.3 Å². The molecule has 2 fully saturated rings. The largest absolute Gasteiger partial charge is 0.472 e. The fraction of sp³-hybridized carbons (Fsp3) is 0.556. The first-order valence-corrected chi connectivity index (χ1v) is 8.40. The van der Waals surface area contributed by atoms with Crippen LogP contribution < -0.4 is 4.74 Å². The number of benzene rings is 1. The second-order valence-electron chi connectivity index (χ2n) is 6.92. The molecule has 1 N–H and O–H groups in total. The summed E-state index contributed by atoms with van der Waals surface area (Å²) in [5, 5.41) is 1.36. The number of nitrogens with zero attached hydrogens (tertiary/aromatic N) is 1. The van der Waals surface area contributed by atoms with Crippen molar-refractivity contribution >= 4 is 10.9 Å². The van der Waals surface area contributed by atoms with E-state index in [2.05, 4.69) is 28.1 Å². The molecule has 2 unspecified atom stereocenters. The number of rotatable bonds is 0. The molecule has 21 heavy (non-hydrogen) atoms. The van der Waals surface area contributed by atoms with Gasteiger partial charge in [-0.3, -0.25) is 4.90 Å². The van der Waals surface area contributed by atoms with Crippen molar-refractivity contribution in [2.45, 2.75) is 44.2 Å². The summed E-state index contributed by atoms with van der Waals surface area (Å²) in [5.41, 5.74) is 2.68. The number of piperidine rings is 2. The number of fused-ring (bicyclic) bond motifs is 3. The van der Waals surface area contributed by atoms with E-state index in [-0.39, 0.29) is 5.72 Å². The van der Waals surface area contributed by atoms with Crippen LogP contribution in [-0.2, 0) is 6.42 Å². The van der Waals surface area contributed by atoms with Gasteiger partial charge in [-0.25, -0.2) is 0 Å². The lowest BCUT2D eigenvalue weighted by Gasteiger charge is -2.56. The molecule has 2 saturated heterocycles. The van der Waals surface area contributed by atoms with Crippen LogP contribution in [0.4, 0.5) is 0 Å². The monoisotopic (exact) mass is 282 g/mol. The van der Waals surface area contributed by atoms with Crippen molar-refractivity contribution in [3.8, 4) is 5.75 Å². The Kier molecular flexibility index (Phi) is 2.46. The Labute approximate surface area is 125 Å². The maximum atomic E-state index is 6.72. The lowest BCUT2D eigenvalue weighted by Crippen LogP contribution is -2.64. The highest BCUT2D eigenvalue weighted by atomic mass is 16.5. The molecule has 2 atom stereocenters. The Hall–Kier alpha value is -1.48. The number of H-pyrrole nitrogens is 1. The van der Waals surface area contributed by atoms with E-state index >= 15 is 0 Å². The summed E-state index contributed by atoms with van der Waals surface area (Å²) in [6.45, 7) is 2.44. The molecular weight excluding hydrogens is 260 g/mol. The molecule has 3 aliphatic heterocycles. The summed E-state index contributed by atoms with van der Waals surface area (Å²) >= 11 is 0. The van der Waals surface area contributed by atoms with Gasteiger partial charge in [-0.1, -0.05) is 0 Å². The van der Waals surface area contributed by atoms with E-state index in [0.717, 1.165) is 5.75 Å². The molecule has 1 aromatic carbocycles. The van der Waals surface area contributed by atoms with E-state index in [1.54, 1.807) is 0 Å². The summed E-state index contributed by atoms with van der Waals surface area (Å²) in [6, 6.07) is 6.55. The summed E-state index contributed by atoms with van der Waals surface area (Å²) in [6.07, 6.45) is 9.73. The van der Waals surface area contributed by atoms with Crippen molar-refractivity contribution in [1.29, 1.82) is 0 Å². The Balaban J connectivity index is 1.65. The van der Waals surface area contributed by atoms with Gasteiger partial charge in [-0.2, -0.15) is 0 Å². The Morgan fingerprint density at radius 2 is 2.10 bits per heavy atom. The van der Waals surface area contributed by atoms with Gasteiger partial charge in [0, 0.05) is 48.1 Å². The third-order valence-corrected chi connectivity index (χ3v) is 5.91. The van der Waals surface area contributed by atoms with Crippen molar-refractivity contribution in [1.82, 2.24) is 9.88 Å². The molecule has 0 bridgehead atoms. The average molecular weight is 282 g/mol. The van der Waals surface area contributed by atoms with Crippen molar-refractivity contribution in [3.63, 3.8) is 0 Å². The van der Waals surface area contributed by atoms with E-state index < -0.39 is 0 Å². The minimum absolute atomic E-state index is 0.00742. The standard InChI is InChI=1S/C18H22N2O/c1-2-10-20-11-3-4-13-12-15-14-7-9-19-16(14)5-6-17(15)21-18(13,20)8-1/h5-7,9,13,19H,1-4,8,10-12H2. The lowest BCUT2D eigenvalue weighted by atomic mass is 9.74. The van der Waals surface area contributed by atoms with Crippen LogP contribution >= 0.6 is 0 Å². The molecule has 0 amide bonds. The minimum Gasteiger partial charge on any atom is -0.472 e. The van der Waals surface area contributed by atoms with Crippen LogP contribution in [0.15, 0.2) is 24.4 Å². The minimum atomic E-state index is 0.00742. The van der Waals surface area contributed by atoms with Crippen molar-refractivity contribution in [3.05, 3.63) is 30.0 Å². The number of aromatic amines is 1. The van der Waals surface area contributed by atoms with Gasteiger partial charge < -0.3 is 9.72 Å². The van der Waals surface area contributed by atoms with Crippen LogP contribution in [0.3, 0.4) is 0 Å². The molecular formula is C18H22N2O. The molecule has 3 heteroatoms. The molecule has 3 nitrogen and oxygen atoms in total. The first kappa shape index (κ1) is 12.1. The van der Waals surface area contributed by atoms with Crippen LogP contribution in [0.5, 0.6) is 5.75 Å². The molecule has 2 aromatic rings. The fourth-order valence-electron chi connectivity index (χ4n) is 4.92. The molecule has 5 rings (SSSR count). The number of ether oxygens (including phenoxy) is 1. The van der Waals surface area contributed by atoms with Crippen LogP contribution in [-0.4, -0.2) is 28.7 Å². The van der Waals surface area contributed by atoms with Gasteiger partial charge in [0.2, 0.25) is 0 Å². The third-order valence-electron chi connectivity index (χ3n) is 5.91. The van der Waals surface area contributed by atoms with Gasteiger partial charge in [0.1, 0.15) is 5.75 Å². The number of hydrogen-bond donors (Lipinski definition) is 1. The maximum Gasteiger partial charge on any atom is 0.166 e. The van der Waals surface area contributed by atoms with Crippen LogP contribution in [0, 0.1) is 5.92 Å². The number of aromatic nitrogens is 1. The van der Waals surface area contributed by atoms with E-state index in [9.17, 15) is 0 Å². The van der Waals surface area contributed by atoms with Gasteiger partial charge in [-0.15, -0.1) is 0 Å². The zero-order valence-electron chi connectivity index (χ0n) is 12.4. The molecule has 0 saturated carbocycles. The average Bonchev–Trinajstić information content (AvgIpc) is 3.00.